The van der Waals surface area contributed by atoms with Gasteiger partial charge in [0.25, 0.3) is 5.91 Å². The van der Waals surface area contributed by atoms with Crippen molar-refractivity contribution in [3.05, 3.63) is 89.8 Å². The monoisotopic (exact) mass is 1530 g/mol. The molecule has 3 aromatic heterocycles. The number of nitrogens with two attached hydrogens (primary N) is 1. The molecule has 4 aliphatic rings. The molecule has 0 saturated carbocycles. The van der Waals surface area contributed by atoms with Gasteiger partial charge in [0.1, 0.15) is 24.7 Å². The van der Waals surface area contributed by atoms with Crippen LogP contribution in [0.2, 0.25) is 0 Å². The van der Waals surface area contributed by atoms with E-state index in [-0.39, 0.29) is 99.5 Å². The predicted molar refractivity (Wildman–Crippen MR) is 403 cm³/mol. The number of halogens is 1. The summed E-state index contributed by atoms with van der Waals surface area (Å²) >= 11 is 0. The van der Waals surface area contributed by atoms with Gasteiger partial charge in [-0.3, -0.25) is 42.9 Å². The summed E-state index contributed by atoms with van der Waals surface area (Å²) in [6.07, 6.45) is 8.07. The number of esters is 1. The lowest BCUT2D eigenvalue weighted by atomic mass is 9.88. The van der Waals surface area contributed by atoms with E-state index in [1.54, 1.807) is 59.0 Å². The van der Waals surface area contributed by atoms with Gasteiger partial charge in [0.15, 0.2) is 11.5 Å². The van der Waals surface area contributed by atoms with Crippen molar-refractivity contribution in [3.63, 3.8) is 0 Å². The van der Waals surface area contributed by atoms with Gasteiger partial charge in [0.2, 0.25) is 29.5 Å². The zero-order valence-electron chi connectivity index (χ0n) is 63.3. The highest BCUT2D eigenvalue weighted by atomic mass is 19.1. The van der Waals surface area contributed by atoms with Crippen LogP contribution >= 0.6 is 0 Å². The third-order valence-corrected chi connectivity index (χ3v) is 19.7. The molecule has 0 bridgehead atoms. The molecule has 33 nitrogen and oxygen atoms in total. The van der Waals surface area contributed by atoms with Gasteiger partial charge in [-0.1, -0.05) is 24.3 Å². The Morgan fingerprint density at radius 3 is 1.81 bits per heavy atom. The SMILES string of the molecule is CCOC(=O)CNC(=O)CNC(=O)Cn1nc(C2CCN(C(=O)CCC(=O)NCCOCCOCCOCCOCCOCCOCCOCCOCCC(=O)N3CCC(c4ccc(Nc5nc(N6CCC[C@@H](N7CCN(C)C7=O)C6)cnc5C(N)=O)cc4)CC3)CC2)c2c(-c3cc4c(cnn4C)cc3F)cccc21. The molecule has 34 heteroatoms. The molecule has 0 unspecified atom stereocenters. The maximum Gasteiger partial charge on any atom is 0.325 e. The average molecular weight is 1530 g/mol. The highest BCUT2D eigenvalue weighted by Gasteiger charge is 2.36. The minimum Gasteiger partial charge on any atom is -0.465 e. The quantitative estimate of drug-likeness (QED) is 0.0266. The Bertz CT molecular complexity index is 4020. The number of piperidine rings is 3. The van der Waals surface area contributed by atoms with Gasteiger partial charge in [-0.25, -0.2) is 19.2 Å². The van der Waals surface area contributed by atoms with E-state index < -0.39 is 29.5 Å². The van der Waals surface area contributed by atoms with Gasteiger partial charge in [-0.05, 0) is 92.8 Å². The van der Waals surface area contributed by atoms with E-state index in [0.29, 0.717) is 209 Å². The summed E-state index contributed by atoms with van der Waals surface area (Å²) in [6, 6.07) is 16.7. The normalized spacial score (nSPS) is 15.8. The van der Waals surface area contributed by atoms with Crippen LogP contribution in [0.5, 0.6) is 0 Å². The van der Waals surface area contributed by atoms with E-state index in [2.05, 4.69) is 48.4 Å². The van der Waals surface area contributed by atoms with Crippen molar-refractivity contribution in [2.24, 2.45) is 12.8 Å². The third-order valence-electron chi connectivity index (χ3n) is 19.7. The van der Waals surface area contributed by atoms with Crippen molar-refractivity contribution in [2.75, 3.05) is 202 Å². The van der Waals surface area contributed by atoms with Crippen LogP contribution in [0.3, 0.4) is 0 Å². The van der Waals surface area contributed by atoms with Crippen LogP contribution in [0.1, 0.15) is 98.3 Å². The summed E-state index contributed by atoms with van der Waals surface area (Å²) in [5.41, 5.74) is 10.5. The number of hydrogen-bond donors (Lipinski definition) is 5. The molecule has 4 aliphatic heterocycles. The molecule has 10 rings (SSSR count). The van der Waals surface area contributed by atoms with Crippen LogP contribution in [0.25, 0.3) is 32.9 Å². The molecule has 6 N–H and O–H groups in total. The van der Waals surface area contributed by atoms with E-state index in [4.69, 9.17) is 58.4 Å². The van der Waals surface area contributed by atoms with Crippen molar-refractivity contribution >= 4 is 86.6 Å². The van der Waals surface area contributed by atoms with E-state index in [0.717, 1.165) is 43.4 Å². The molecule has 6 aromatic rings. The number of nitrogens with one attached hydrogen (secondary N) is 4. The standard InChI is InChI=1S/C76H105FN16O17/c1-4-110-70(99)50-81-66(95)49-80-67(96)52-93-62-9-5-8-59(60-46-63-56(45-61(60)77)47-83-88(63)3)71(62)72(86-93)55-18-25-89(26-19-55)68(97)15-14-65(94)79-21-30-103-32-34-105-36-38-107-40-42-109-44-43-108-41-39-106-37-35-104-33-31-102-29-20-69(98)90-23-16-54(17-24-90)53-10-12-57(13-11-53)84-75-73(74(78)100)82-48-64(85-75)91-22-6-7-58(51-91)92-28-27-87(2)76(92)101/h5,8-13,45-48,54-55,58H,4,6-7,14-44,49-52H2,1-3H3,(H2,78,100)(H,79,94)(H,80,96)(H,81,95)(H,84,85)/t58-/m1/s1. The predicted octanol–water partition coefficient (Wildman–Crippen LogP) is 4.02. The molecule has 7 heterocycles. The number of rotatable bonds is 45. The Labute approximate surface area is 638 Å². The number of ether oxygens (including phenoxy) is 9. The number of carbonyl (C=O) groups is 8. The molecule has 4 saturated heterocycles. The molecule has 1 atom stereocenters. The summed E-state index contributed by atoms with van der Waals surface area (Å²) in [6.45, 7) is 12.1. The summed E-state index contributed by atoms with van der Waals surface area (Å²) in [5.74, 6) is -2.15. The zero-order valence-corrected chi connectivity index (χ0v) is 63.3. The summed E-state index contributed by atoms with van der Waals surface area (Å²) in [5, 5.41) is 21.6. The van der Waals surface area contributed by atoms with E-state index in [1.807, 2.05) is 35.0 Å². The number of aromatic nitrogens is 6. The molecule has 110 heavy (non-hydrogen) atoms. The number of hydrogen-bond acceptors (Lipinski definition) is 23. The minimum atomic E-state index is -0.685. The Morgan fingerprint density at radius 1 is 0.600 bits per heavy atom. The topological polar surface area (TPSA) is 371 Å². The van der Waals surface area contributed by atoms with E-state index in [1.165, 1.54) is 16.3 Å². The number of fused-ring (bicyclic) bond motifs is 2. The Kier molecular flexibility index (Phi) is 32.5. The van der Waals surface area contributed by atoms with Gasteiger partial charge in [-0.15, -0.1) is 0 Å². The molecular formula is C76H105FN16O17. The maximum atomic E-state index is 16.0. The number of anilines is 3. The number of aryl methyl sites for hydroxylation is 1. The second-order valence-corrected chi connectivity index (χ2v) is 27.2. The maximum absolute atomic E-state index is 16.0. The van der Waals surface area contributed by atoms with E-state index >= 15 is 4.39 Å². The molecule has 3 aromatic carbocycles. The molecule has 8 amide bonds. The number of urea groups is 1. The largest absolute Gasteiger partial charge is 0.465 e. The lowest BCUT2D eigenvalue weighted by Gasteiger charge is -2.37. The van der Waals surface area contributed by atoms with Crippen LogP contribution in [0.4, 0.5) is 26.5 Å². The van der Waals surface area contributed by atoms with Crippen LogP contribution in [-0.4, -0.2) is 294 Å². The lowest BCUT2D eigenvalue weighted by molar-refractivity contribution is -0.143. The number of benzene rings is 3. The number of nitrogens with zero attached hydrogens (tertiary/aromatic N) is 11. The minimum absolute atomic E-state index is 0.0130. The van der Waals surface area contributed by atoms with Gasteiger partial charge >= 0.3 is 12.0 Å². The lowest BCUT2D eigenvalue weighted by Crippen LogP contribution is -2.49. The number of primary amides is 1. The Morgan fingerprint density at radius 2 is 1.20 bits per heavy atom. The number of carbonyl (C=O) groups excluding carboxylic acids is 8. The van der Waals surface area contributed by atoms with Gasteiger partial charge in [-0.2, -0.15) is 10.2 Å². The van der Waals surface area contributed by atoms with E-state index in [9.17, 15) is 38.4 Å². The third kappa shape index (κ3) is 24.5. The van der Waals surface area contributed by atoms with Gasteiger partial charge in [0, 0.05) is 114 Å². The van der Waals surface area contributed by atoms with Crippen LogP contribution in [0, 0.1) is 5.82 Å². The van der Waals surface area contributed by atoms with Crippen molar-refractivity contribution in [1.82, 2.24) is 65.1 Å². The fourth-order valence-electron chi connectivity index (χ4n) is 13.8. The van der Waals surface area contributed by atoms with Gasteiger partial charge < -0.3 is 94.1 Å². The molecular weight excluding hydrogens is 1430 g/mol. The van der Waals surface area contributed by atoms with Crippen molar-refractivity contribution in [2.45, 2.75) is 89.1 Å². The Hall–Kier alpha value is -9.55. The zero-order chi connectivity index (χ0) is 77.6. The average Bonchev–Trinajstić information content (AvgIpc) is 1.58. The van der Waals surface area contributed by atoms with Crippen LogP contribution in [0.15, 0.2) is 67.0 Å². The summed E-state index contributed by atoms with van der Waals surface area (Å²) in [4.78, 5) is 120. The molecule has 0 spiro atoms. The smallest absolute Gasteiger partial charge is 0.325 e. The highest BCUT2D eigenvalue weighted by Crippen LogP contribution is 2.40. The first-order valence-electron chi connectivity index (χ1n) is 38.1. The highest BCUT2D eigenvalue weighted by molar-refractivity contribution is 6.00. The Balaban J connectivity index is 0.487. The van der Waals surface area contributed by atoms with Gasteiger partial charge in [0.05, 0.1) is 160 Å². The summed E-state index contributed by atoms with van der Waals surface area (Å²) < 4.78 is 68.8. The van der Waals surface area contributed by atoms with Crippen LogP contribution in [-0.2, 0) is 85.0 Å². The molecule has 0 aliphatic carbocycles. The van der Waals surface area contributed by atoms with Crippen LogP contribution < -0.4 is 31.9 Å². The first-order chi connectivity index (χ1) is 53.5. The van der Waals surface area contributed by atoms with Crippen molar-refractivity contribution in [1.29, 1.82) is 0 Å². The fraction of sp³-hybridized carbons (Fsp3) is 0.579. The van der Waals surface area contributed by atoms with Crippen molar-refractivity contribution < 1.29 is 85.4 Å². The molecule has 598 valence electrons. The second kappa shape index (κ2) is 43.2. The fourth-order valence-corrected chi connectivity index (χ4v) is 13.8. The number of amides is 8. The first-order valence-corrected chi connectivity index (χ1v) is 38.1. The van der Waals surface area contributed by atoms with Crippen molar-refractivity contribution in [3.8, 4) is 11.1 Å². The second-order valence-electron chi connectivity index (χ2n) is 27.2. The molecule has 4 fully saturated rings. The number of likely N-dealkylation sites (N-methyl/N-ethyl adjacent to an activating group) is 1. The summed E-state index contributed by atoms with van der Waals surface area (Å²) in [7, 11) is 3.60. The molecule has 0 radical (unpaired) electrons. The number of likely N-dealkylation sites (tertiary alicyclic amines) is 2. The first kappa shape index (κ1) is 82.9.